The van der Waals surface area contributed by atoms with E-state index in [2.05, 4.69) is 54.5 Å². The lowest BCUT2D eigenvalue weighted by atomic mass is 9.59. The fourth-order valence-electron chi connectivity index (χ4n) is 6.06. The van der Waals surface area contributed by atoms with Gasteiger partial charge in [0.2, 0.25) is 0 Å². The molecule has 9 heteroatoms. The van der Waals surface area contributed by atoms with E-state index in [0.717, 1.165) is 18.4 Å². The minimum atomic E-state index is -0.315. The molecule has 2 unspecified atom stereocenters. The Morgan fingerprint density at radius 3 is 2.02 bits per heavy atom. The van der Waals surface area contributed by atoms with Gasteiger partial charge >= 0.3 is 0 Å². The van der Waals surface area contributed by atoms with Crippen LogP contribution in [0.1, 0.15) is 107 Å². The van der Waals surface area contributed by atoms with E-state index < -0.39 is 0 Å². The molecule has 2 aliphatic rings. The van der Waals surface area contributed by atoms with Crippen LogP contribution in [0.25, 0.3) is 5.57 Å². The van der Waals surface area contributed by atoms with Crippen LogP contribution in [0.4, 0.5) is 5.69 Å². The van der Waals surface area contributed by atoms with Gasteiger partial charge in [0, 0.05) is 11.0 Å². The highest BCUT2D eigenvalue weighted by atomic mass is 17.2. The lowest BCUT2D eigenvalue weighted by Gasteiger charge is -2.49. The van der Waals surface area contributed by atoms with Crippen molar-refractivity contribution in [1.82, 2.24) is 19.7 Å². The number of hydrogen-bond acceptors (Lipinski definition) is 8. The Hall–Kier alpha value is -3.06. The van der Waals surface area contributed by atoms with Crippen LogP contribution in [0.5, 0.6) is 5.75 Å². The molecule has 1 aliphatic carbocycles. The zero-order valence-corrected chi connectivity index (χ0v) is 30.1. The molecule has 0 radical (unpaired) electrons. The number of allylic oxidation sites excluding steroid dienone is 1. The van der Waals surface area contributed by atoms with Gasteiger partial charge in [-0.05, 0) is 81.1 Å². The lowest BCUT2D eigenvalue weighted by Crippen LogP contribution is -2.48. The van der Waals surface area contributed by atoms with Crippen molar-refractivity contribution in [2.24, 2.45) is 33.6 Å². The number of aromatic nitrogens is 3. The molecular weight excluding hydrogens is 576 g/mol. The van der Waals surface area contributed by atoms with Crippen LogP contribution in [-0.4, -0.2) is 59.4 Å². The molecule has 1 aliphatic heterocycles. The van der Waals surface area contributed by atoms with Crippen molar-refractivity contribution in [3.63, 3.8) is 0 Å². The summed E-state index contributed by atoms with van der Waals surface area (Å²) in [6, 6.07) is 7.05. The van der Waals surface area contributed by atoms with Crippen molar-refractivity contribution >= 4 is 17.1 Å². The maximum Gasteiger partial charge on any atom is 0.176 e. The molecule has 2 atom stereocenters. The molecule has 1 aromatic heterocycles. The van der Waals surface area contributed by atoms with Crippen molar-refractivity contribution in [3.8, 4) is 11.8 Å². The van der Waals surface area contributed by atoms with Gasteiger partial charge in [0.05, 0.1) is 11.8 Å². The van der Waals surface area contributed by atoms with Crippen molar-refractivity contribution in [3.05, 3.63) is 41.0 Å². The summed E-state index contributed by atoms with van der Waals surface area (Å²) in [5.41, 5.74) is 2.07. The highest BCUT2D eigenvalue weighted by molar-refractivity contribution is 6.14. The zero-order valence-electron chi connectivity index (χ0n) is 30.1. The monoisotopic (exact) mass is 635 g/mol. The fourth-order valence-corrected chi connectivity index (χ4v) is 6.06. The van der Waals surface area contributed by atoms with Gasteiger partial charge in [0.1, 0.15) is 18.2 Å². The SMILES string of the molecule is C.CN(C)C.Cc1cc([O-])ccc1N=C1C(COOC2C(C(C)(C)C)CC(C)CC2C(C)(C)C)=C(C#N)c2nc(C(C)(C)C)nn21. The van der Waals surface area contributed by atoms with Gasteiger partial charge in [-0.1, -0.05) is 88.8 Å². The van der Waals surface area contributed by atoms with Crippen LogP contribution in [0, 0.1) is 46.8 Å². The summed E-state index contributed by atoms with van der Waals surface area (Å²) in [6.45, 7) is 23.9. The van der Waals surface area contributed by atoms with E-state index in [9.17, 15) is 10.4 Å². The summed E-state index contributed by atoms with van der Waals surface area (Å²) < 4.78 is 1.63. The molecule has 0 amide bonds. The minimum absolute atomic E-state index is 0. The number of nitrogens with zero attached hydrogens (tertiary/aromatic N) is 6. The van der Waals surface area contributed by atoms with E-state index in [4.69, 9.17) is 24.9 Å². The van der Waals surface area contributed by atoms with Crippen LogP contribution in [0.15, 0.2) is 28.8 Å². The molecule has 256 valence electrons. The van der Waals surface area contributed by atoms with Crippen molar-refractivity contribution < 1.29 is 14.9 Å². The standard InChI is InChI=1S/C33H47N5O3.C3H9N.CH4/c1-19-14-24(31(3,4)5)27(25(15-19)32(6,7)8)41-40-18-23-22(17-34)28-36-30(33(9,10)11)37-38(28)29(23)35-26-13-12-21(39)16-20(26)2;1-4(2)3;/h12-13,16,19,24-25,27,39H,14-15,18H2,1-11H3;1-3H3;1H4/p-1. The van der Waals surface area contributed by atoms with E-state index in [0.29, 0.717) is 52.1 Å². The first-order valence-electron chi connectivity index (χ1n) is 16.0. The third kappa shape index (κ3) is 9.27. The second-order valence-electron chi connectivity index (χ2n) is 16.5. The van der Waals surface area contributed by atoms with E-state index in [1.165, 1.54) is 6.07 Å². The molecule has 2 heterocycles. The van der Waals surface area contributed by atoms with Crippen LogP contribution in [0.3, 0.4) is 0 Å². The van der Waals surface area contributed by atoms with Gasteiger partial charge in [0.25, 0.3) is 0 Å². The Kier molecular flexibility index (Phi) is 12.6. The average Bonchev–Trinajstić information content (AvgIpc) is 3.42. The number of benzene rings is 1. The summed E-state index contributed by atoms with van der Waals surface area (Å²) in [7, 11) is 6.00. The highest BCUT2D eigenvalue weighted by Crippen LogP contribution is 2.49. The van der Waals surface area contributed by atoms with E-state index in [1.54, 1.807) is 16.8 Å². The third-order valence-electron chi connectivity index (χ3n) is 8.49. The molecule has 0 spiro atoms. The number of rotatable bonds is 5. The molecule has 2 aromatic rings. The van der Waals surface area contributed by atoms with Crippen molar-refractivity contribution in [2.75, 3.05) is 27.7 Å². The minimum Gasteiger partial charge on any atom is -0.872 e. The van der Waals surface area contributed by atoms with Crippen LogP contribution < -0.4 is 5.11 Å². The maximum absolute atomic E-state index is 11.9. The van der Waals surface area contributed by atoms with Gasteiger partial charge in [-0.3, -0.25) is 0 Å². The predicted molar refractivity (Wildman–Crippen MR) is 186 cm³/mol. The number of hydrogen-bond donors (Lipinski definition) is 0. The normalized spacial score (nSPS) is 22.7. The molecule has 1 saturated carbocycles. The third-order valence-corrected chi connectivity index (χ3v) is 8.49. The molecule has 46 heavy (non-hydrogen) atoms. The molecule has 1 fully saturated rings. The Morgan fingerprint density at radius 2 is 1.57 bits per heavy atom. The summed E-state index contributed by atoms with van der Waals surface area (Å²) in [5.74, 6) is 2.68. The fraction of sp³-hybridized carbons (Fsp3) is 0.676. The smallest absolute Gasteiger partial charge is 0.176 e. The first-order valence-corrected chi connectivity index (χ1v) is 16.0. The Balaban J connectivity index is 0.00000139. The highest BCUT2D eigenvalue weighted by Gasteiger charge is 2.47. The molecular formula is C37H59N6O3-. The quantitative estimate of drug-likeness (QED) is 0.244. The summed E-state index contributed by atoms with van der Waals surface area (Å²) >= 11 is 0. The van der Waals surface area contributed by atoms with Crippen LogP contribution in [-0.2, 0) is 15.2 Å². The summed E-state index contributed by atoms with van der Waals surface area (Å²) in [4.78, 5) is 24.1. The number of aliphatic imine (C=N–C) groups is 1. The topological polar surface area (TPSA) is 112 Å². The predicted octanol–water partition coefficient (Wildman–Crippen LogP) is 7.71. The Bertz CT molecular complexity index is 1420. The number of fused-ring (bicyclic) bond motifs is 1. The zero-order chi connectivity index (χ0) is 34.1. The van der Waals surface area contributed by atoms with Gasteiger partial charge in [0.15, 0.2) is 17.5 Å². The van der Waals surface area contributed by atoms with Crippen LogP contribution >= 0.6 is 0 Å². The largest absolute Gasteiger partial charge is 0.872 e. The second-order valence-corrected chi connectivity index (χ2v) is 16.5. The molecule has 0 N–H and O–H groups in total. The second kappa shape index (κ2) is 14.8. The maximum atomic E-state index is 11.9. The lowest BCUT2D eigenvalue weighted by molar-refractivity contribution is -0.354. The van der Waals surface area contributed by atoms with E-state index >= 15 is 0 Å². The first kappa shape index (κ1) is 39.1. The average molecular weight is 636 g/mol. The summed E-state index contributed by atoms with van der Waals surface area (Å²) in [6.07, 6.45) is 2.06. The first-order chi connectivity index (χ1) is 20.6. The summed E-state index contributed by atoms with van der Waals surface area (Å²) in [5, 5.41) is 26.9. The van der Waals surface area contributed by atoms with E-state index in [1.807, 2.05) is 53.7 Å². The Labute approximate surface area is 278 Å². The van der Waals surface area contributed by atoms with Crippen molar-refractivity contribution in [1.29, 1.82) is 5.26 Å². The van der Waals surface area contributed by atoms with E-state index in [-0.39, 0.29) is 42.1 Å². The number of nitriles is 1. The van der Waals surface area contributed by atoms with Gasteiger partial charge < -0.3 is 10.0 Å². The van der Waals surface area contributed by atoms with Gasteiger partial charge in [-0.25, -0.2) is 19.8 Å². The van der Waals surface area contributed by atoms with Gasteiger partial charge in [-0.15, -0.1) is 10.8 Å². The molecule has 4 rings (SSSR count). The van der Waals surface area contributed by atoms with Crippen LogP contribution in [0.2, 0.25) is 0 Å². The molecule has 1 aromatic carbocycles. The van der Waals surface area contributed by atoms with Gasteiger partial charge in [-0.2, -0.15) is 9.94 Å². The molecule has 0 bridgehead atoms. The molecule has 9 nitrogen and oxygen atoms in total. The Morgan fingerprint density at radius 1 is 1.02 bits per heavy atom. The number of aryl methyl sites for hydroxylation is 1. The van der Waals surface area contributed by atoms with Crippen molar-refractivity contribution in [2.45, 2.75) is 108 Å². The molecule has 0 saturated heterocycles.